The Kier molecular flexibility index (Phi) is 3.61. The fraction of sp³-hybridized carbons (Fsp3) is 0.538. The molecule has 1 amide bonds. The molecule has 0 radical (unpaired) electrons. The molecule has 1 aliphatic carbocycles. The fourth-order valence-corrected chi connectivity index (χ4v) is 2.42. The molecule has 0 aromatic carbocycles. The van der Waals surface area contributed by atoms with Gasteiger partial charge in [0.2, 0.25) is 0 Å². The van der Waals surface area contributed by atoms with Crippen LogP contribution < -0.4 is 5.32 Å². The Morgan fingerprint density at radius 2 is 2.41 bits per heavy atom. The van der Waals surface area contributed by atoms with Crippen molar-refractivity contribution in [2.24, 2.45) is 11.8 Å². The van der Waals surface area contributed by atoms with E-state index in [0.717, 1.165) is 0 Å². The highest BCUT2D eigenvalue weighted by Crippen LogP contribution is 2.30. The summed E-state index contributed by atoms with van der Waals surface area (Å²) < 4.78 is 0. The molecule has 1 aromatic heterocycles. The molecular formula is C13H18N2O2. The molecule has 4 heteroatoms. The van der Waals surface area contributed by atoms with E-state index in [2.05, 4.69) is 17.2 Å². The first-order chi connectivity index (χ1) is 8.18. The maximum Gasteiger partial charge on any atom is 0.255 e. The predicted octanol–water partition coefficient (Wildman–Crippen LogP) is 1.95. The van der Waals surface area contributed by atoms with Gasteiger partial charge in [-0.2, -0.15) is 0 Å². The average molecular weight is 234 g/mol. The minimum Gasteiger partial charge on any atom is -0.505 e. The van der Waals surface area contributed by atoms with Crippen molar-refractivity contribution in [3.05, 3.63) is 24.0 Å². The number of aromatic nitrogens is 1. The van der Waals surface area contributed by atoms with Gasteiger partial charge in [0.1, 0.15) is 5.75 Å². The van der Waals surface area contributed by atoms with Crippen molar-refractivity contribution in [3.63, 3.8) is 0 Å². The number of carbonyl (C=O) groups is 1. The zero-order valence-corrected chi connectivity index (χ0v) is 10.0. The average Bonchev–Trinajstić information content (AvgIpc) is 2.72. The Balaban J connectivity index is 1.91. The van der Waals surface area contributed by atoms with E-state index in [1.165, 1.54) is 37.7 Å². The second-order valence-electron chi connectivity index (χ2n) is 4.77. The van der Waals surface area contributed by atoms with E-state index in [-0.39, 0.29) is 11.7 Å². The summed E-state index contributed by atoms with van der Waals surface area (Å²) in [6.07, 6.45) is 6.48. The van der Waals surface area contributed by atoms with Gasteiger partial charge in [0.15, 0.2) is 0 Å². The van der Waals surface area contributed by atoms with Gasteiger partial charge in [-0.05, 0) is 24.3 Å². The molecule has 0 bridgehead atoms. The van der Waals surface area contributed by atoms with E-state index >= 15 is 0 Å². The monoisotopic (exact) mass is 234 g/mol. The van der Waals surface area contributed by atoms with Crippen LogP contribution in [0.25, 0.3) is 0 Å². The molecule has 1 fully saturated rings. The fourth-order valence-electron chi connectivity index (χ4n) is 2.42. The zero-order chi connectivity index (χ0) is 12.3. The van der Waals surface area contributed by atoms with Crippen LogP contribution in [0.5, 0.6) is 5.75 Å². The van der Waals surface area contributed by atoms with E-state index in [1.807, 2.05) is 0 Å². The quantitative estimate of drug-likeness (QED) is 0.840. The highest BCUT2D eigenvalue weighted by Gasteiger charge is 2.23. The Bertz CT molecular complexity index is 406. The Morgan fingerprint density at radius 3 is 3.06 bits per heavy atom. The van der Waals surface area contributed by atoms with Crippen LogP contribution in [-0.2, 0) is 0 Å². The maximum atomic E-state index is 11.8. The molecule has 1 heterocycles. The molecular weight excluding hydrogens is 216 g/mol. The molecule has 0 spiro atoms. The third-order valence-electron chi connectivity index (χ3n) is 3.61. The van der Waals surface area contributed by atoms with Crippen LogP contribution in [0.2, 0.25) is 0 Å². The number of nitrogens with zero attached hydrogens (tertiary/aromatic N) is 1. The normalized spacial score (nSPS) is 23.6. The van der Waals surface area contributed by atoms with Crippen molar-refractivity contribution in [1.29, 1.82) is 0 Å². The summed E-state index contributed by atoms with van der Waals surface area (Å²) in [6.45, 7) is 2.93. The summed E-state index contributed by atoms with van der Waals surface area (Å²) in [6, 6.07) is 1.53. The standard InChI is InChI=1S/C13H18N2O2/c1-9-3-2-4-10(9)7-15-13(17)11-5-6-14-8-12(11)16/h5-6,8-10,16H,2-4,7H2,1H3,(H,15,17). The second kappa shape index (κ2) is 5.17. The number of aromatic hydroxyl groups is 1. The van der Waals surface area contributed by atoms with Crippen molar-refractivity contribution in [2.75, 3.05) is 6.54 Å². The molecule has 17 heavy (non-hydrogen) atoms. The topological polar surface area (TPSA) is 62.2 Å². The number of hydrogen-bond acceptors (Lipinski definition) is 3. The number of amides is 1. The van der Waals surface area contributed by atoms with Crippen molar-refractivity contribution in [1.82, 2.24) is 10.3 Å². The molecule has 2 unspecified atom stereocenters. The van der Waals surface area contributed by atoms with Crippen LogP contribution in [0.1, 0.15) is 36.5 Å². The molecule has 4 nitrogen and oxygen atoms in total. The lowest BCUT2D eigenvalue weighted by Crippen LogP contribution is -2.30. The number of nitrogens with one attached hydrogen (secondary N) is 1. The van der Waals surface area contributed by atoms with Crippen molar-refractivity contribution in [2.45, 2.75) is 26.2 Å². The number of rotatable bonds is 3. The van der Waals surface area contributed by atoms with Crippen molar-refractivity contribution >= 4 is 5.91 Å². The van der Waals surface area contributed by atoms with Crippen molar-refractivity contribution < 1.29 is 9.90 Å². The van der Waals surface area contributed by atoms with Gasteiger partial charge in [-0.3, -0.25) is 9.78 Å². The lowest BCUT2D eigenvalue weighted by molar-refractivity contribution is 0.0942. The lowest BCUT2D eigenvalue weighted by Gasteiger charge is -2.16. The van der Waals surface area contributed by atoms with Gasteiger partial charge in [-0.15, -0.1) is 0 Å². The van der Waals surface area contributed by atoms with Gasteiger partial charge in [0, 0.05) is 12.7 Å². The molecule has 2 N–H and O–H groups in total. The van der Waals surface area contributed by atoms with Crippen LogP contribution in [0.4, 0.5) is 0 Å². The van der Waals surface area contributed by atoms with Crippen molar-refractivity contribution in [3.8, 4) is 5.75 Å². The minimum absolute atomic E-state index is 0.0653. The van der Waals surface area contributed by atoms with Gasteiger partial charge < -0.3 is 10.4 Å². The second-order valence-corrected chi connectivity index (χ2v) is 4.77. The molecule has 2 rings (SSSR count). The van der Waals surface area contributed by atoms with Crippen LogP contribution in [-0.4, -0.2) is 22.5 Å². The zero-order valence-electron chi connectivity index (χ0n) is 10.0. The van der Waals surface area contributed by atoms with Gasteiger partial charge in [0.05, 0.1) is 11.8 Å². The van der Waals surface area contributed by atoms with E-state index in [9.17, 15) is 9.90 Å². The highest BCUT2D eigenvalue weighted by molar-refractivity contribution is 5.96. The number of hydrogen-bond donors (Lipinski definition) is 2. The van der Waals surface area contributed by atoms with E-state index in [1.54, 1.807) is 0 Å². The molecule has 0 saturated heterocycles. The number of carbonyl (C=O) groups excluding carboxylic acids is 1. The Morgan fingerprint density at radius 1 is 1.59 bits per heavy atom. The van der Waals surface area contributed by atoms with Crippen LogP contribution in [0.3, 0.4) is 0 Å². The smallest absolute Gasteiger partial charge is 0.255 e. The van der Waals surface area contributed by atoms with Crippen LogP contribution >= 0.6 is 0 Å². The summed E-state index contributed by atoms with van der Waals surface area (Å²) in [5, 5.41) is 12.4. The summed E-state index contributed by atoms with van der Waals surface area (Å²) >= 11 is 0. The summed E-state index contributed by atoms with van der Waals surface area (Å²) in [7, 11) is 0. The Labute approximate surface area is 101 Å². The SMILES string of the molecule is CC1CCCC1CNC(=O)c1ccncc1O. The lowest BCUT2D eigenvalue weighted by atomic mass is 9.98. The third kappa shape index (κ3) is 2.75. The summed E-state index contributed by atoms with van der Waals surface area (Å²) in [4.78, 5) is 15.6. The minimum atomic E-state index is -0.219. The van der Waals surface area contributed by atoms with E-state index in [4.69, 9.17) is 0 Å². The van der Waals surface area contributed by atoms with Gasteiger partial charge in [0.25, 0.3) is 5.91 Å². The molecule has 92 valence electrons. The third-order valence-corrected chi connectivity index (χ3v) is 3.61. The van der Waals surface area contributed by atoms with Crippen LogP contribution in [0.15, 0.2) is 18.5 Å². The molecule has 1 aliphatic rings. The molecule has 1 aromatic rings. The first-order valence-corrected chi connectivity index (χ1v) is 6.09. The van der Waals surface area contributed by atoms with Crippen LogP contribution in [0, 0.1) is 11.8 Å². The predicted molar refractivity (Wildman–Crippen MR) is 64.7 cm³/mol. The van der Waals surface area contributed by atoms with Gasteiger partial charge >= 0.3 is 0 Å². The maximum absolute atomic E-state index is 11.8. The first kappa shape index (κ1) is 11.9. The summed E-state index contributed by atoms with van der Waals surface area (Å²) in [5.74, 6) is 0.970. The highest BCUT2D eigenvalue weighted by atomic mass is 16.3. The first-order valence-electron chi connectivity index (χ1n) is 6.09. The van der Waals surface area contributed by atoms with E-state index in [0.29, 0.717) is 23.9 Å². The van der Waals surface area contributed by atoms with E-state index < -0.39 is 0 Å². The molecule has 1 saturated carbocycles. The Hall–Kier alpha value is -1.58. The summed E-state index contributed by atoms with van der Waals surface area (Å²) in [5.41, 5.74) is 0.297. The number of pyridine rings is 1. The molecule has 2 atom stereocenters. The largest absolute Gasteiger partial charge is 0.505 e. The van der Waals surface area contributed by atoms with Gasteiger partial charge in [-0.25, -0.2) is 0 Å². The van der Waals surface area contributed by atoms with Gasteiger partial charge in [-0.1, -0.05) is 19.8 Å². The molecule has 0 aliphatic heterocycles.